The van der Waals surface area contributed by atoms with Gasteiger partial charge in [-0.25, -0.2) is 5.48 Å². The average molecular weight is 332 g/mol. The van der Waals surface area contributed by atoms with Crippen LogP contribution in [0.25, 0.3) is 6.08 Å². The number of hydroxylamine groups is 1. The van der Waals surface area contributed by atoms with Crippen molar-refractivity contribution in [3.63, 3.8) is 0 Å². The maximum absolute atomic E-state index is 8.81. The number of amides is 1. The van der Waals surface area contributed by atoms with E-state index >= 15 is 0 Å². The molecule has 2 aromatic rings. The third kappa shape index (κ3) is 10.2. The Labute approximate surface area is 142 Å². The van der Waals surface area contributed by atoms with Gasteiger partial charge in [-0.2, -0.15) is 0 Å². The Hall–Kier alpha value is -2.24. The second-order valence-electron chi connectivity index (χ2n) is 3.89. The number of anilines is 1. The fourth-order valence-electron chi connectivity index (χ4n) is 1.50. The molecule has 4 nitrogen and oxygen atoms in total. The van der Waals surface area contributed by atoms with Crippen LogP contribution in [-0.4, -0.2) is 11.6 Å². The molecule has 23 heavy (non-hydrogen) atoms. The van der Waals surface area contributed by atoms with Crippen molar-refractivity contribution in [3.8, 4) is 0 Å². The minimum absolute atomic E-state index is 0.181. The monoisotopic (exact) mass is 332 g/mol. The van der Waals surface area contributed by atoms with E-state index in [1.807, 2.05) is 39.0 Å². The standard InChI is InChI=1S/C15H15NS.C2H6.CH3NO2/c1-2-7-13-8-6-11-15(12-13)17-16-14-9-4-3-5-10-14;1-2;3-1-2-4/h2-12,16H,1H3;1-2H3;1,4H,(H,2,3)/b7-2+;;. The second kappa shape index (κ2) is 14.7. The Kier molecular flexibility index (Phi) is 13.3. The van der Waals surface area contributed by atoms with Crippen LogP contribution in [0.2, 0.25) is 0 Å². The third-order valence-corrected chi connectivity index (χ3v) is 3.16. The van der Waals surface area contributed by atoms with Crippen molar-refractivity contribution in [1.82, 2.24) is 5.48 Å². The first-order valence-electron chi connectivity index (χ1n) is 7.34. The van der Waals surface area contributed by atoms with Gasteiger partial charge in [0.25, 0.3) is 0 Å². The number of para-hydroxylation sites is 1. The van der Waals surface area contributed by atoms with Crippen LogP contribution in [0.3, 0.4) is 0 Å². The van der Waals surface area contributed by atoms with Crippen LogP contribution >= 0.6 is 11.9 Å². The summed E-state index contributed by atoms with van der Waals surface area (Å²) in [5.74, 6) is 0. The van der Waals surface area contributed by atoms with Crippen LogP contribution in [0, 0.1) is 0 Å². The van der Waals surface area contributed by atoms with E-state index in [1.165, 1.54) is 15.9 Å². The number of hydrogen-bond acceptors (Lipinski definition) is 4. The Balaban J connectivity index is 0.000000705. The van der Waals surface area contributed by atoms with Crippen molar-refractivity contribution >= 4 is 30.1 Å². The summed E-state index contributed by atoms with van der Waals surface area (Å²) in [5, 5.41) is 7.26. The third-order valence-electron chi connectivity index (χ3n) is 2.33. The highest BCUT2D eigenvalue weighted by Crippen LogP contribution is 2.22. The molecule has 5 heteroatoms. The zero-order chi connectivity index (χ0) is 17.3. The van der Waals surface area contributed by atoms with E-state index < -0.39 is 0 Å². The quantitative estimate of drug-likeness (QED) is 0.312. The molecule has 3 N–H and O–H groups in total. The Morgan fingerprint density at radius 1 is 1.04 bits per heavy atom. The van der Waals surface area contributed by atoms with Gasteiger partial charge in [-0.3, -0.25) is 10.0 Å². The number of carbonyl (C=O) groups excluding carboxylic acids is 1. The second-order valence-corrected chi connectivity index (χ2v) is 4.77. The molecule has 0 bridgehead atoms. The van der Waals surface area contributed by atoms with Crippen LogP contribution in [0.5, 0.6) is 0 Å². The summed E-state index contributed by atoms with van der Waals surface area (Å²) in [6.07, 6.45) is 4.33. The molecule has 1 amide bonds. The highest BCUT2D eigenvalue weighted by Gasteiger charge is 1.95. The molecule has 0 aliphatic rings. The molecular formula is C18H24N2O2S. The first kappa shape index (κ1) is 20.8. The number of allylic oxidation sites excluding steroid dienone is 1. The van der Waals surface area contributed by atoms with Crippen molar-refractivity contribution < 1.29 is 10.0 Å². The van der Waals surface area contributed by atoms with Crippen molar-refractivity contribution in [2.75, 3.05) is 4.72 Å². The highest BCUT2D eigenvalue weighted by atomic mass is 32.2. The number of hydrogen-bond donors (Lipinski definition) is 3. The van der Waals surface area contributed by atoms with Crippen LogP contribution < -0.4 is 10.2 Å². The molecule has 0 atom stereocenters. The summed E-state index contributed by atoms with van der Waals surface area (Å²) >= 11 is 1.63. The first-order valence-corrected chi connectivity index (χ1v) is 8.15. The summed E-state index contributed by atoms with van der Waals surface area (Å²) in [4.78, 5) is 10.0. The molecule has 0 fully saturated rings. The van der Waals surface area contributed by atoms with Gasteiger partial charge in [-0.1, -0.05) is 56.3 Å². The van der Waals surface area contributed by atoms with Crippen LogP contribution in [-0.2, 0) is 4.79 Å². The van der Waals surface area contributed by atoms with Gasteiger partial charge in [-0.15, -0.1) is 0 Å². The van der Waals surface area contributed by atoms with Gasteiger partial charge in [0, 0.05) is 10.6 Å². The molecule has 0 aliphatic carbocycles. The van der Waals surface area contributed by atoms with Crippen molar-refractivity contribution in [3.05, 3.63) is 66.2 Å². The van der Waals surface area contributed by atoms with E-state index in [1.54, 1.807) is 11.9 Å². The lowest BCUT2D eigenvalue weighted by molar-refractivity contribution is -0.116. The average Bonchev–Trinajstić information content (AvgIpc) is 2.63. The maximum atomic E-state index is 8.81. The Morgan fingerprint density at radius 2 is 1.70 bits per heavy atom. The minimum atomic E-state index is 0.181. The lowest BCUT2D eigenvalue weighted by atomic mass is 10.2. The number of benzene rings is 2. The van der Waals surface area contributed by atoms with Gasteiger partial charge in [0.2, 0.25) is 6.41 Å². The summed E-state index contributed by atoms with van der Waals surface area (Å²) in [6, 6.07) is 18.6. The molecule has 124 valence electrons. The predicted molar refractivity (Wildman–Crippen MR) is 99.4 cm³/mol. The molecule has 0 saturated carbocycles. The zero-order valence-electron chi connectivity index (χ0n) is 13.7. The molecule has 0 saturated heterocycles. The molecular weight excluding hydrogens is 308 g/mol. The van der Waals surface area contributed by atoms with Gasteiger partial charge in [0.1, 0.15) is 0 Å². The number of carbonyl (C=O) groups is 1. The largest absolute Gasteiger partial charge is 0.326 e. The number of nitrogens with one attached hydrogen (secondary N) is 2. The van der Waals surface area contributed by atoms with E-state index in [0.717, 1.165) is 5.69 Å². The van der Waals surface area contributed by atoms with E-state index in [-0.39, 0.29) is 6.41 Å². The summed E-state index contributed by atoms with van der Waals surface area (Å²) in [6.45, 7) is 6.03. The normalized spacial score (nSPS) is 9.04. The summed E-state index contributed by atoms with van der Waals surface area (Å²) < 4.78 is 3.32. The Bertz CT molecular complexity index is 560. The van der Waals surface area contributed by atoms with Gasteiger partial charge in [0.05, 0.1) is 0 Å². The fraction of sp³-hybridized carbons (Fsp3) is 0.167. The van der Waals surface area contributed by atoms with Gasteiger partial charge in [-0.05, 0) is 48.7 Å². The predicted octanol–water partition coefficient (Wildman–Crippen LogP) is 4.99. The van der Waals surface area contributed by atoms with Gasteiger partial charge in [0.15, 0.2) is 0 Å². The molecule has 0 heterocycles. The molecule has 2 rings (SSSR count). The van der Waals surface area contributed by atoms with Crippen LogP contribution in [0.15, 0.2) is 65.6 Å². The summed E-state index contributed by atoms with van der Waals surface area (Å²) in [5.41, 5.74) is 3.60. The van der Waals surface area contributed by atoms with Crippen LogP contribution in [0.4, 0.5) is 5.69 Å². The minimum Gasteiger partial charge on any atom is -0.326 e. The fourth-order valence-corrected chi connectivity index (χ4v) is 2.21. The lowest BCUT2D eigenvalue weighted by Gasteiger charge is -2.05. The van der Waals surface area contributed by atoms with Gasteiger partial charge < -0.3 is 4.72 Å². The molecule has 0 spiro atoms. The molecule has 2 aromatic carbocycles. The smallest absolute Gasteiger partial charge is 0.230 e. The van der Waals surface area contributed by atoms with Crippen LogP contribution in [0.1, 0.15) is 26.3 Å². The highest BCUT2D eigenvalue weighted by molar-refractivity contribution is 8.00. The SMILES string of the molecule is C/C=C/c1cccc(SNc2ccccc2)c1.CC.O=CNO. The lowest BCUT2D eigenvalue weighted by Crippen LogP contribution is -1.99. The first-order chi connectivity index (χ1) is 11.3. The molecule has 0 aliphatic heterocycles. The van der Waals surface area contributed by atoms with Gasteiger partial charge >= 0.3 is 0 Å². The van der Waals surface area contributed by atoms with E-state index in [4.69, 9.17) is 10.0 Å². The number of rotatable bonds is 5. The van der Waals surface area contributed by atoms with E-state index in [0.29, 0.717) is 0 Å². The summed E-state index contributed by atoms with van der Waals surface area (Å²) in [7, 11) is 0. The maximum Gasteiger partial charge on any atom is 0.230 e. The van der Waals surface area contributed by atoms with E-state index in [9.17, 15) is 0 Å². The van der Waals surface area contributed by atoms with E-state index in [2.05, 4.69) is 53.3 Å². The van der Waals surface area contributed by atoms with Crippen molar-refractivity contribution in [1.29, 1.82) is 0 Å². The van der Waals surface area contributed by atoms with Crippen molar-refractivity contribution in [2.24, 2.45) is 0 Å². The topological polar surface area (TPSA) is 61.4 Å². The Morgan fingerprint density at radius 3 is 2.26 bits per heavy atom. The molecule has 0 unspecified atom stereocenters. The van der Waals surface area contributed by atoms with Crippen molar-refractivity contribution in [2.45, 2.75) is 25.7 Å². The molecule has 0 radical (unpaired) electrons. The zero-order valence-corrected chi connectivity index (χ0v) is 14.5. The molecule has 0 aromatic heterocycles.